The van der Waals surface area contributed by atoms with Gasteiger partial charge in [-0.2, -0.15) is 0 Å². The summed E-state index contributed by atoms with van der Waals surface area (Å²) in [4.78, 5) is 10.0. The molecule has 1 rings (SSSR count). The Morgan fingerprint density at radius 1 is 1.47 bits per heavy atom. The van der Waals surface area contributed by atoms with Crippen molar-refractivity contribution < 1.29 is 14.6 Å². The Balaban J connectivity index is 2.82. The van der Waals surface area contributed by atoms with E-state index in [1.807, 2.05) is 57.3 Å². The first-order valence-corrected chi connectivity index (χ1v) is 6.22. The average molecular weight is 433 g/mol. The minimum Gasteiger partial charge on any atom is -0.506 e. The summed E-state index contributed by atoms with van der Waals surface area (Å²) in [6.07, 6.45) is -0.205. The van der Waals surface area contributed by atoms with Gasteiger partial charge in [0.15, 0.2) is 6.23 Å². The van der Waals surface area contributed by atoms with E-state index in [0.717, 1.165) is 12.7 Å². The summed E-state index contributed by atoms with van der Waals surface area (Å²) in [6, 6.07) is 3.62. The molecule has 0 aliphatic carbocycles. The quantitative estimate of drug-likeness (QED) is 0.430. The van der Waals surface area contributed by atoms with Gasteiger partial charge in [0, 0.05) is 6.42 Å². The van der Waals surface area contributed by atoms with Crippen molar-refractivity contribution in [1.29, 1.82) is 0 Å². The number of phenolic OH excluding ortho intramolecular Hbond substituents is 1. The second-order valence-electron chi connectivity index (χ2n) is 2.88. The van der Waals surface area contributed by atoms with Crippen molar-refractivity contribution in [3.05, 3.63) is 24.8 Å². The average Bonchev–Trinajstić information content (AvgIpc) is 2.14. The predicted molar refractivity (Wildman–Crippen MR) is 72.4 cm³/mol. The summed E-state index contributed by atoms with van der Waals surface area (Å²) < 4.78 is 6.10. The Kier molecular flexibility index (Phi) is 5.06. The highest BCUT2D eigenvalue weighted by atomic mass is 127. The number of hydrogen-bond acceptors (Lipinski definition) is 4. The smallest absolute Gasteiger partial charge is 0.294 e. The highest BCUT2D eigenvalue weighted by Crippen LogP contribution is 2.27. The van der Waals surface area contributed by atoms with Crippen molar-refractivity contribution in [2.24, 2.45) is 5.73 Å². The summed E-state index contributed by atoms with van der Waals surface area (Å²) in [5, 5.41) is 9.53. The molecular formula is C9H9I2NO3. The molecule has 15 heavy (non-hydrogen) atoms. The molecule has 6 heteroatoms. The van der Waals surface area contributed by atoms with Gasteiger partial charge in [0.2, 0.25) is 0 Å². The fourth-order valence-corrected chi connectivity index (χ4v) is 2.98. The van der Waals surface area contributed by atoms with Gasteiger partial charge in [-0.15, -0.1) is 0 Å². The SMILES string of the molecule is NC(Cc1cc(I)c(O)c(I)c1)OC=O. The van der Waals surface area contributed by atoms with Crippen molar-refractivity contribution in [1.82, 2.24) is 0 Å². The zero-order valence-corrected chi connectivity index (χ0v) is 11.9. The molecule has 0 aliphatic heterocycles. The molecule has 0 bridgehead atoms. The molecule has 0 aliphatic rings. The van der Waals surface area contributed by atoms with Crippen LogP contribution in [0, 0.1) is 7.14 Å². The summed E-state index contributed by atoms with van der Waals surface area (Å²) in [5.41, 5.74) is 6.46. The standard InChI is InChI=1S/C9H9I2NO3/c10-6-1-5(2-7(11)9(6)14)3-8(12)15-4-13/h1-2,4,8,14H,3,12H2. The van der Waals surface area contributed by atoms with Crippen molar-refractivity contribution in [3.63, 3.8) is 0 Å². The van der Waals surface area contributed by atoms with E-state index in [1.54, 1.807) is 0 Å². The van der Waals surface area contributed by atoms with Crippen LogP contribution in [0.15, 0.2) is 12.1 Å². The molecule has 1 unspecified atom stereocenters. The van der Waals surface area contributed by atoms with Crippen LogP contribution in [0.4, 0.5) is 0 Å². The van der Waals surface area contributed by atoms with E-state index in [1.165, 1.54) is 0 Å². The van der Waals surface area contributed by atoms with Crippen LogP contribution < -0.4 is 5.73 Å². The van der Waals surface area contributed by atoms with Gasteiger partial charge in [-0.25, -0.2) is 0 Å². The van der Waals surface area contributed by atoms with Crippen LogP contribution in [0.5, 0.6) is 5.75 Å². The van der Waals surface area contributed by atoms with E-state index in [-0.39, 0.29) is 5.75 Å². The van der Waals surface area contributed by atoms with Gasteiger partial charge in [-0.1, -0.05) is 0 Å². The molecule has 0 heterocycles. The lowest BCUT2D eigenvalue weighted by Gasteiger charge is -2.10. The molecule has 0 fully saturated rings. The third-order valence-electron chi connectivity index (χ3n) is 1.74. The van der Waals surface area contributed by atoms with Gasteiger partial charge >= 0.3 is 0 Å². The van der Waals surface area contributed by atoms with Crippen molar-refractivity contribution in [2.75, 3.05) is 0 Å². The highest BCUT2D eigenvalue weighted by molar-refractivity contribution is 14.1. The number of halogens is 2. The van der Waals surface area contributed by atoms with Crippen molar-refractivity contribution in [2.45, 2.75) is 12.6 Å². The van der Waals surface area contributed by atoms with Crippen LogP contribution in [0.2, 0.25) is 0 Å². The van der Waals surface area contributed by atoms with Crippen LogP contribution in [0.25, 0.3) is 0 Å². The lowest BCUT2D eigenvalue weighted by atomic mass is 10.1. The molecule has 82 valence electrons. The van der Waals surface area contributed by atoms with Crippen molar-refractivity contribution in [3.8, 4) is 5.75 Å². The van der Waals surface area contributed by atoms with E-state index in [4.69, 9.17) is 5.73 Å². The fraction of sp³-hybridized carbons (Fsp3) is 0.222. The number of benzene rings is 1. The normalized spacial score (nSPS) is 12.2. The van der Waals surface area contributed by atoms with Crippen LogP contribution in [0.1, 0.15) is 5.56 Å². The molecule has 3 N–H and O–H groups in total. The maximum Gasteiger partial charge on any atom is 0.294 e. The topological polar surface area (TPSA) is 72.6 Å². The van der Waals surface area contributed by atoms with Gasteiger partial charge in [0.05, 0.1) is 7.14 Å². The fourth-order valence-electron chi connectivity index (χ4n) is 1.09. The maximum absolute atomic E-state index is 10.0. The summed E-state index contributed by atoms with van der Waals surface area (Å²) in [6.45, 7) is 0.334. The number of nitrogens with two attached hydrogens (primary N) is 1. The number of hydrogen-bond donors (Lipinski definition) is 2. The van der Waals surface area contributed by atoms with E-state index in [9.17, 15) is 9.90 Å². The first kappa shape index (κ1) is 13.0. The maximum atomic E-state index is 10.0. The molecule has 0 saturated carbocycles. The molecule has 4 nitrogen and oxygen atoms in total. The minimum absolute atomic E-state index is 0.268. The first-order chi connectivity index (χ1) is 7.04. The number of ether oxygens (including phenoxy) is 1. The third kappa shape index (κ3) is 3.76. The zero-order chi connectivity index (χ0) is 11.4. The Morgan fingerprint density at radius 3 is 2.47 bits per heavy atom. The summed E-state index contributed by atoms with van der Waals surface area (Å²) in [7, 11) is 0. The van der Waals surface area contributed by atoms with Crippen LogP contribution in [0.3, 0.4) is 0 Å². The van der Waals surface area contributed by atoms with Gasteiger partial charge in [-0.05, 0) is 62.9 Å². The molecule has 1 aromatic rings. The number of phenols is 1. The van der Waals surface area contributed by atoms with Crippen LogP contribution in [-0.2, 0) is 16.0 Å². The van der Waals surface area contributed by atoms with E-state index in [2.05, 4.69) is 4.74 Å². The van der Waals surface area contributed by atoms with E-state index < -0.39 is 6.23 Å². The first-order valence-electron chi connectivity index (χ1n) is 4.06. The van der Waals surface area contributed by atoms with Crippen LogP contribution in [-0.4, -0.2) is 17.8 Å². The molecule has 1 atom stereocenters. The second kappa shape index (κ2) is 5.85. The summed E-state index contributed by atoms with van der Waals surface area (Å²) in [5.74, 6) is 0.268. The third-order valence-corrected chi connectivity index (χ3v) is 3.39. The monoisotopic (exact) mass is 433 g/mol. The molecule has 0 saturated heterocycles. The van der Waals surface area contributed by atoms with Crippen molar-refractivity contribution >= 4 is 51.7 Å². The Bertz CT molecular complexity index is 347. The summed E-state index contributed by atoms with van der Waals surface area (Å²) >= 11 is 4.08. The molecule has 1 aromatic carbocycles. The predicted octanol–water partition coefficient (Wildman–Crippen LogP) is 1.60. The second-order valence-corrected chi connectivity index (χ2v) is 5.21. The van der Waals surface area contributed by atoms with E-state index in [0.29, 0.717) is 12.9 Å². The van der Waals surface area contributed by atoms with Crippen LogP contribution >= 0.6 is 45.2 Å². The minimum atomic E-state index is -0.640. The molecular weight excluding hydrogens is 424 g/mol. The molecule has 0 aromatic heterocycles. The lowest BCUT2D eigenvalue weighted by molar-refractivity contribution is -0.133. The number of aromatic hydroxyl groups is 1. The van der Waals surface area contributed by atoms with Gasteiger partial charge in [-0.3, -0.25) is 10.5 Å². The van der Waals surface area contributed by atoms with Gasteiger partial charge in [0.25, 0.3) is 6.47 Å². The highest BCUT2D eigenvalue weighted by Gasteiger charge is 2.09. The number of carbonyl (C=O) groups is 1. The molecule has 0 radical (unpaired) electrons. The Labute approximate surface area is 114 Å². The van der Waals surface area contributed by atoms with E-state index >= 15 is 0 Å². The van der Waals surface area contributed by atoms with Gasteiger partial charge < -0.3 is 9.84 Å². The Hall–Kier alpha value is -0.0900. The Morgan fingerprint density at radius 2 is 2.00 bits per heavy atom. The lowest BCUT2D eigenvalue weighted by Crippen LogP contribution is -2.25. The number of rotatable bonds is 4. The largest absolute Gasteiger partial charge is 0.506 e. The zero-order valence-electron chi connectivity index (χ0n) is 7.61. The molecule has 0 amide bonds. The molecule has 0 spiro atoms. The number of carbonyl (C=O) groups excluding carboxylic acids is 1. The van der Waals surface area contributed by atoms with Gasteiger partial charge in [0.1, 0.15) is 5.75 Å².